The Morgan fingerprint density at radius 1 is 1.00 bits per heavy atom. The third kappa shape index (κ3) is 9.88. The van der Waals surface area contributed by atoms with Crippen LogP contribution in [-0.4, -0.2) is 19.9 Å². The second kappa shape index (κ2) is 10.9. The quantitative estimate of drug-likeness (QED) is 0.330. The van der Waals surface area contributed by atoms with Crippen LogP contribution in [0.25, 0.3) is 0 Å². The molecule has 0 bridgehead atoms. The van der Waals surface area contributed by atoms with Crippen molar-refractivity contribution in [2.24, 2.45) is 0 Å². The Labute approximate surface area is 75.4 Å². The van der Waals surface area contributed by atoms with Crippen molar-refractivity contribution in [3.8, 4) is 0 Å². The van der Waals surface area contributed by atoms with Gasteiger partial charge in [0.1, 0.15) is 6.73 Å². The fourth-order valence-corrected chi connectivity index (χ4v) is 0.784. The number of nitrogens with one attached hydrogen (secondary N) is 1. The van der Waals surface area contributed by atoms with Gasteiger partial charge in [-0.15, -0.1) is 0 Å². The molecule has 0 aliphatic rings. The van der Waals surface area contributed by atoms with Crippen molar-refractivity contribution >= 4 is 0 Å². The summed E-state index contributed by atoms with van der Waals surface area (Å²) in [6.45, 7) is 6.34. The lowest BCUT2D eigenvalue weighted by Gasteiger charge is -2.05. The average Bonchev–Trinajstić information content (AvgIpc) is 2.10. The van der Waals surface area contributed by atoms with Crippen molar-refractivity contribution in [2.75, 3.05) is 19.9 Å². The first-order valence-corrected chi connectivity index (χ1v) is 4.84. The van der Waals surface area contributed by atoms with E-state index >= 15 is 0 Å². The Morgan fingerprint density at radius 3 is 2.50 bits per heavy atom. The van der Waals surface area contributed by atoms with Gasteiger partial charge in [-0.1, -0.05) is 26.7 Å². The first-order chi connectivity index (χ1) is 5.91. The van der Waals surface area contributed by atoms with Gasteiger partial charge in [0.05, 0.1) is 6.61 Å². The van der Waals surface area contributed by atoms with Crippen LogP contribution in [0.1, 0.15) is 39.5 Å². The zero-order chi connectivity index (χ0) is 9.07. The van der Waals surface area contributed by atoms with E-state index in [1.807, 2.05) is 0 Å². The second-order valence-electron chi connectivity index (χ2n) is 2.75. The van der Waals surface area contributed by atoms with Crippen molar-refractivity contribution in [3.05, 3.63) is 0 Å². The highest BCUT2D eigenvalue weighted by molar-refractivity contribution is 4.34. The van der Waals surface area contributed by atoms with Crippen molar-refractivity contribution in [3.63, 3.8) is 0 Å². The molecular weight excluding hydrogens is 154 g/mol. The molecule has 0 aromatic rings. The van der Waals surface area contributed by atoms with E-state index in [4.69, 9.17) is 9.57 Å². The van der Waals surface area contributed by atoms with Crippen LogP contribution < -0.4 is 5.48 Å². The summed E-state index contributed by atoms with van der Waals surface area (Å²) < 4.78 is 5.25. The van der Waals surface area contributed by atoms with Gasteiger partial charge < -0.3 is 4.74 Å². The molecule has 0 aliphatic heterocycles. The molecule has 0 aliphatic carbocycles. The maximum absolute atomic E-state index is 5.25. The van der Waals surface area contributed by atoms with Crippen molar-refractivity contribution in [2.45, 2.75) is 39.5 Å². The van der Waals surface area contributed by atoms with Crippen LogP contribution in [0.5, 0.6) is 0 Å². The van der Waals surface area contributed by atoms with Crippen LogP contribution in [0, 0.1) is 0 Å². The minimum Gasteiger partial charge on any atom is -0.364 e. The molecule has 0 atom stereocenters. The molecule has 0 amide bonds. The summed E-state index contributed by atoms with van der Waals surface area (Å²) in [7, 11) is 0. The Morgan fingerprint density at radius 2 is 1.83 bits per heavy atom. The standard InChI is InChI=1S/C9H21NO2/c1-3-5-6-8-11-9-10-12-7-4-2/h10H,3-9H2,1-2H3. The van der Waals surface area contributed by atoms with Gasteiger partial charge in [0.25, 0.3) is 0 Å². The third-order valence-electron chi connectivity index (χ3n) is 1.46. The zero-order valence-electron chi connectivity index (χ0n) is 8.27. The van der Waals surface area contributed by atoms with Gasteiger partial charge in [-0.25, -0.2) is 0 Å². The molecule has 0 rings (SSSR count). The predicted octanol–water partition coefficient (Wildman–Crippen LogP) is 2.08. The van der Waals surface area contributed by atoms with Gasteiger partial charge >= 0.3 is 0 Å². The fourth-order valence-electron chi connectivity index (χ4n) is 0.784. The minimum atomic E-state index is 0.504. The normalized spacial score (nSPS) is 10.5. The van der Waals surface area contributed by atoms with Crippen LogP contribution in [-0.2, 0) is 9.57 Å². The average molecular weight is 175 g/mol. The molecule has 1 N–H and O–H groups in total. The van der Waals surface area contributed by atoms with Gasteiger partial charge in [0.2, 0.25) is 0 Å². The largest absolute Gasteiger partial charge is 0.364 e. The first-order valence-electron chi connectivity index (χ1n) is 4.84. The second-order valence-corrected chi connectivity index (χ2v) is 2.75. The summed E-state index contributed by atoms with van der Waals surface area (Å²) in [5.41, 5.74) is 2.74. The summed E-state index contributed by atoms with van der Waals surface area (Å²) >= 11 is 0. The number of hydroxylamine groups is 1. The van der Waals surface area contributed by atoms with Crippen LogP contribution in [0.4, 0.5) is 0 Å². The Hall–Kier alpha value is -0.120. The van der Waals surface area contributed by atoms with Gasteiger partial charge in [-0.05, 0) is 12.8 Å². The topological polar surface area (TPSA) is 30.5 Å². The molecule has 0 aromatic heterocycles. The molecule has 3 nitrogen and oxygen atoms in total. The molecule has 12 heavy (non-hydrogen) atoms. The van der Waals surface area contributed by atoms with Gasteiger partial charge in [0, 0.05) is 6.61 Å². The number of hydrogen-bond donors (Lipinski definition) is 1. The number of unbranched alkanes of at least 4 members (excludes halogenated alkanes) is 2. The monoisotopic (exact) mass is 175 g/mol. The fraction of sp³-hybridized carbons (Fsp3) is 1.00. The third-order valence-corrected chi connectivity index (χ3v) is 1.46. The van der Waals surface area contributed by atoms with Crippen molar-refractivity contribution in [1.82, 2.24) is 5.48 Å². The summed E-state index contributed by atoms with van der Waals surface area (Å²) in [5.74, 6) is 0. The summed E-state index contributed by atoms with van der Waals surface area (Å²) in [5, 5.41) is 0. The maximum Gasteiger partial charge on any atom is 0.119 e. The predicted molar refractivity (Wildman–Crippen MR) is 49.7 cm³/mol. The number of rotatable bonds is 9. The lowest BCUT2D eigenvalue weighted by atomic mass is 10.3. The van der Waals surface area contributed by atoms with E-state index in [2.05, 4.69) is 19.3 Å². The molecule has 0 heterocycles. The SMILES string of the molecule is CCCCCOCNOCCC. The Bertz CT molecular complexity index is 68.9. The Balaban J connectivity index is 2.73. The number of ether oxygens (including phenoxy) is 1. The van der Waals surface area contributed by atoms with E-state index in [1.54, 1.807) is 0 Å². The number of hydrogen-bond acceptors (Lipinski definition) is 3. The molecule has 0 saturated carbocycles. The summed E-state index contributed by atoms with van der Waals surface area (Å²) in [6.07, 6.45) is 4.66. The highest BCUT2D eigenvalue weighted by atomic mass is 16.7. The van der Waals surface area contributed by atoms with Crippen LogP contribution >= 0.6 is 0 Å². The minimum absolute atomic E-state index is 0.504. The highest BCUT2D eigenvalue weighted by Gasteiger charge is 1.87. The molecule has 3 heteroatoms. The Kier molecular flexibility index (Phi) is 10.8. The van der Waals surface area contributed by atoms with Crippen LogP contribution in [0.15, 0.2) is 0 Å². The van der Waals surface area contributed by atoms with E-state index in [0.29, 0.717) is 6.73 Å². The van der Waals surface area contributed by atoms with Crippen LogP contribution in [0.2, 0.25) is 0 Å². The lowest BCUT2D eigenvalue weighted by Crippen LogP contribution is -2.19. The van der Waals surface area contributed by atoms with Crippen LogP contribution in [0.3, 0.4) is 0 Å². The van der Waals surface area contributed by atoms with Gasteiger partial charge in [-0.2, -0.15) is 5.48 Å². The molecule has 0 radical (unpaired) electrons. The smallest absolute Gasteiger partial charge is 0.119 e. The molecule has 0 unspecified atom stereocenters. The molecule has 0 aromatic carbocycles. The highest BCUT2D eigenvalue weighted by Crippen LogP contribution is 1.92. The van der Waals surface area contributed by atoms with Gasteiger partial charge in [-0.3, -0.25) is 4.84 Å². The molecule has 0 spiro atoms. The van der Waals surface area contributed by atoms with Gasteiger partial charge in [0.15, 0.2) is 0 Å². The van der Waals surface area contributed by atoms with E-state index in [9.17, 15) is 0 Å². The summed E-state index contributed by atoms with van der Waals surface area (Å²) in [6, 6.07) is 0. The van der Waals surface area contributed by atoms with E-state index in [-0.39, 0.29) is 0 Å². The van der Waals surface area contributed by atoms with E-state index in [0.717, 1.165) is 26.1 Å². The zero-order valence-corrected chi connectivity index (χ0v) is 8.27. The lowest BCUT2D eigenvalue weighted by molar-refractivity contribution is -0.0334. The molecule has 0 saturated heterocycles. The maximum atomic E-state index is 5.25. The molecule has 74 valence electrons. The summed E-state index contributed by atoms with van der Waals surface area (Å²) in [4.78, 5) is 5.01. The first kappa shape index (κ1) is 11.9. The van der Waals surface area contributed by atoms with Crippen molar-refractivity contribution in [1.29, 1.82) is 0 Å². The van der Waals surface area contributed by atoms with E-state index in [1.165, 1.54) is 12.8 Å². The molecule has 0 fully saturated rings. The van der Waals surface area contributed by atoms with E-state index < -0.39 is 0 Å². The van der Waals surface area contributed by atoms with Crippen molar-refractivity contribution < 1.29 is 9.57 Å². The molecular formula is C9H21NO2.